The third-order valence-electron chi connectivity index (χ3n) is 5.94. The SMILES string of the molecule is O=C1C/C(=C\c2cnn3c(NC4CC4)nc(NCc4ccccc4C4=CCN=C4)nc23)C(=O)N1. The number of nitrogens with zero attached hydrogens (tertiary/aromatic N) is 5. The highest BCUT2D eigenvalue weighted by atomic mass is 16.2. The molecule has 3 N–H and O–H groups in total. The molecule has 10 nitrogen and oxygen atoms in total. The van der Waals surface area contributed by atoms with Crippen LogP contribution >= 0.6 is 0 Å². The number of aliphatic imine (C=N–C) groups is 1. The van der Waals surface area contributed by atoms with Gasteiger partial charge in [0.25, 0.3) is 5.91 Å². The van der Waals surface area contributed by atoms with Crippen LogP contribution in [0.2, 0.25) is 0 Å². The quantitative estimate of drug-likeness (QED) is 0.369. The number of hydrogen-bond acceptors (Lipinski definition) is 8. The molecule has 3 aliphatic rings. The van der Waals surface area contributed by atoms with Gasteiger partial charge in [-0.05, 0) is 35.6 Å². The van der Waals surface area contributed by atoms with Crippen molar-refractivity contribution in [2.24, 2.45) is 4.99 Å². The molecule has 6 rings (SSSR count). The van der Waals surface area contributed by atoms with E-state index >= 15 is 0 Å². The van der Waals surface area contributed by atoms with E-state index in [1.54, 1.807) is 16.8 Å². The van der Waals surface area contributed by atoms with Crippen molar-refractivity contribution in [3.05, 3.63) is 58.8 Å². The summed E-state index contributed by atoms with van der Waals surface area (Å²) in [6.07, 6.45) is 9.52. The van der Waals surface area contributed by atoms with Gasteiger partial charge in [-0.25, -0.2) is 0 Å². The van der Waals surface area contributed by atoms with Gasteiger partial charge < -0.3 is 10.6 Å². The van der Waals surface area contributed by atoms with Crippen LogP contribution in [0.5, 0.6) is 0 Å². The van der Waals surface area contributed by atoms with Gasteiger partial charge in [0.1, 0.15) is 0 Å². The number of aromatic nitrogens is 4. The van der Waals surface area contributed by atoms with Crippen molar-refractivity contribution >= 4 is 47.2 Å². The number of rotatable bonds is 7. The van der Waals surface area contributed by atoms with E-state index in [4.69, 9.17) is 0 Å². The summed E-state index contributed by atoms with van der Waals surface area (Å²) in [7, 11) is 0. The minimum absolute atomic E-state index is 0.0511. The summed E-state index contributed by atoms with van der Waals surface area (Å²) in [5.74, 6) is 0.355. The minimum atomic E-state index is -0.380. The third-order valence-corrected chi connectivity index (χ3v) is 5.94. The Hall–Kier alpha value is -4.34. The van der Waals surface area contributed by atoms with E-state index < -0.39 is 0 Å². The average Bonchev–Trinajstić information content (AvgIpc) is 3.20. The second-order valence-corrected chi connectivity index (χ2v) is 8.51. The number of anilines is 2. The fraction of sp³-hybridized carbons (Fsp3) is 0.250. The molecule has 0 radical (unpaired) electrons. The largest absolute Gasteiger partial charge is 0.351 e. The Morgan fingerprint density at radius 1 is 1.18 bits per heavy atom. The highest BCUT2D eigenvalue weighted by Crippen LogP contribution is 2.27. The van der Waals surface area contributed by atoms with Gasteiger partial charge in [0.2, 0.25) is 17.8 Å². The number of benzene rings is 1. The molecule has 1 saturated carbocycles. The summed E-state index contributed by atoms with van der Waals surface area (Å²) in [6.45, 7) is 1.23. The molecule has 0 unspecified atom stereocenters. The van der Waals surface area contributed by atoms with Crippen LogP contribution in [0.15, 0.2) is 47.1 Å². The maximum Gasteiger partial charge on any atom is 0.254 e. The second-order valence-electron chi connectivity index (χ2n) is 8.51. The lowest BCUT2D eigenvalue weighted by Gasteiger charge is -2.12. The van der Waals surface area contributed by atoms with Gasteiger partial charge in [0.15, 0.2) is 5.65 Å². The van der Waals surface area contributed by atoms with Gasteiger partial charge in [-0.1, -0.05) is 30.3 Å². The molecule has 0 atom stereocenters. The Balaban J connectivity index is 1.34. The molecule has 2 aliphatic heterocycles. The van der Waals surface area contributed by atoms with Crippen molar-refractivity contribution in [3.63, 3.8) is 0 Å². The van der Waals surface area contributed by atoms with Crippen LogP contribution in [0.4, 0.5) is 11.9 Å². The van der Waals surface area contributed by atoms with Crippen molar-refractivity contribution in [2.75, 3.05) is 17.2 Å². The Morgan fingerprint density at radius 2 is 2.06 bits per heavy atom. The molecule has 3 aromatic rings. The molecule has 2 aromatic heterocycles. The molecule has 34 heavy (non-hydrogen) atoms. The van der Waals surface area contributed by atoms with Crippen molar-refractivity contribution in [1.82, 2.24) is 24.9 Å². The van der Waals surface area contributed by atoms with E-state index in [0.717, 1.165) is 29.5 Å². The molecule has 2 amide bonds. The van der Waals surface area contributed by atoms with Gasteiger partial charge in [-0.15, -0.1) is 0 Å². The molecule has 170 valence electrons. The van der Waals surface area contributed by atoms with Crippen LogP contribution in [0.1, 0.15) is 36.0 Å². The van der Waals surface area contributed by atoms with E-state index in [1.807, 2.05) is 18.3 Å². The molecular formula is C24H22N8O2. The Kier molecular flexibility index (Phi) is 4.90. The van der Waals surface area contributed by atoms with E-state index in [1.165, 1.54) is 0 Å². The van der Waals surface area contributed by atoms with Gasteiger partial charge in [-0.3, -0.25) is 19.9 Å². The van der Waals surface area contributed by atoms with E-state index in [2.05, 4.69) is 54.2 Å². The highest BCUT2D eigenvalue weighted by Gasteiger charge is 2.26. The number of hydrogen-bond donors (Lipinski definition) is 3. The molecule has 1 aromatic carbocycles. The van der Waals surface area contributed by atoms with Gasteiger partial charge in [-0.2, -0.15) is 19.6 Å². The van der Waals surface area contributed by atoms with E-state index in [0.29, 0.717) is 47.8 Å². The van der Waals surface area contributed by atoms with E-state index in [9.17, 15) is 9.59 Å². The summed E-state index contributed by atoms with van der Waals surface area (Å²) >= 11 is 0. The highest BCUT2D eigenvalue weighted by molar-refractivity contribution is 6.15. The predicted molar refractivity (Wildman–Crippen MR) is 128 cm³/mol. The lowest BCUT2D eigenvalue weighted by Crippen LogP contribution is -2.19. The first kappa shape index (κ1) is 20.3. The third kappa shape index (κ3) is 3.94. The summed E-state index contributed by atoms with van der Waals surface area (Å²) in [4.78, 5) is 37.3. The Bertz CT molecular complexity index is 1410. The summed E-state index contributed by atoms with van der Waals surface area (Å²) in [5.41, 5.74) is 4.94. The predicted octanol–water partition coefficient (Wildman–Crippen LogP) is 2.21. The monoisotopic (exact) mass is 454 g/mol. The fourth-order valence-electron chi connectivity index (χ4n) is 4.05. The van der Waals surface area contributed by atoms with E-state index in [-0.39, 0.29) is 18.2 Å². The standard InChI is InChI=1S/C24H22N8O2/c33-20-10-16(22(34)29-20)9-17-13-27-32-21(17)30-23(31-24(32)28-18-5-6-18)26-12-14-3-1-2-4-19(14)15-7-8-25-11-15/h1-4,7,9,11,13,18H,5-6,8,10,12H2,(H,29,33,34)(H2,26,28,30,31)/b16-9+. The second kappa shape index (κ2) is 8.22. The van der Waals surface area contributed by atoms with Crippen LogP contribution < -0.4 is 16.0 Å². The number of carbonyl (C=O) groups excluding carboxylic acids is 2. The zero-order chi connectivity index (χ0) is 23.1. The molecule has 0 spiro atoms. The zero-order valence-corrected chi connectivity index (χ0v) is 18.3. The molecule has 1 saturated heterocycles. The molecular weight excluding hydrogens is 432 g/mol. The molecule has 10 heteroatoms. The van der Waals surface area contributed by atoms with Gasteiger partial charge in [0, 0.05) is 29.9 Å². The van der Waals surface area contributed by atoms with Crippen LogP contribution in [0.25, 0.3) is 17.3 Å². The maximum atomic E-state index is 12.0. The first-order valence-corrected chi connectivity index (χ1v) is 11.2. The lowest BCUT2D eigenvalue weighted by molar-refractivity contribution is -0.124. The summed E-state index contributed by atoms with van der Waals surface area (Å²) in [6, 6.07) is 8.54. The lowest BCUT2D eigenvalue weighted by atomic mass is 10.0. The fourth-order valence-corrected chi connectivity index (χ4v) is 4.05. The average molecular weight is 454 g/mol. The molecule has 2 fully saturated rings. The minimum Gasteiger partial charge on any atom is -0.351 e. The number of amides is 2. The Labute approximate surface area is 194 Å². The van der Waals surface area contributed by atoms with Crippen LogP contribution in [0.3, 0.4) is 0 Å². The summed E-state index contributed by atoms with van der Waals surface area (Å²) in [5, 5.41) is 13.5. The van der Waals surface area contributed by atoms with Crippen LogP contribution in [-0.2, 0) is 16.1 Å². The molecule has 0 bridgehead atoms. The van der Waals surface area contributed by atoms with Gasteiger partial charge in [0.05, 0.1) is 19.2 Å². The Morgan fingerprint density at radius 3 is 2.82 bits per heavy atom. The van der Waals surface area contributed by atoms with Crippen LogP contribution in [0, 0.1) is 0 Å². The maximum absolute atomic E-state index is 12.0. The van der Waals surface area contributed by atoms with Gasteiger partial charge >= 0.3 is 0 Å². The summed E-state index contributed by atoms with van der Waals surface area (Å²) < 4.78 is 1.64. The number of nitrogens with one attached hydrogen (secondary N) is 3. The molecule has 1 aliphatic carbocycles. The molecule has 4 heterocycles. The smallest absolute Gasteiger partial charge is 0.254 e. The van der Waals surface area contributed by atoms with Crippen molar-refractivity contribution in [3.8, 4) is 0 Å². The normalized spacial score (nSPS) is 18.6. The first-order valence-electron chi connectivity index (χ1n) is 11.2. The number of carbonyl (C=O) groups is 2. The number of allylic oxidation sites excluding steroid dienone is 1. The van der Waals surface area contributed by atoms with Crippen molar-refractivity contribution in [2.45, 2.75) is 31.8 Å². The number of imide groups is 1. The van der Waals surface area contributed by atoms with Crippen molar-refractivity contribution < 1.29 is 9.59 Å². The number of fused-ring (bicyclic) bond motifs is 1. The first-order chi connectivity index (χ1) is 16.6. The topological polar surface area (TPSA) is 126 Å². The van der Waals surface area contributed by atoms with Crippen molar-refractivity contribution in [1.29, 1.82) is 0 Å². The zero-order valence-electron chi connectivity index (χ0n) is 18.3. The van der Waals surface area contributed by atoms with Crippen LogP contribution in [-0.4, -0.2) is 50.2 Å².